The van der Waals surface area contributed by atoms with Crippen molar-refractivity contribution in [2.24, 2.45) is 0 Å². The van der Waals surface area contributed by atoms with Gasteiger partial charge in [-0.05, 0) is 36.0 Å². The lowest BCUT2D eigenvalue weighted by atomic mass is 9.85. The minimum Gasteiger partial charge on any atom is -0.390 e. The fourth-order valence-electron chi connectivity index (χ4n) is 3.51. The van der Waals surface area contributed by atoms with Gasteiger partial charge in [-0.2, -0.15) is 0 Å². The third-order valence-corrected chi connectivity index (χ3v) is 4.90. The number of aromatic nitrogens is 3. The van der Waals surface area contributed by atoms with Crippen LogP contribution < -0.4 is 0 Å². The van der Waals surface area contributed by atoms with Crippen LogP contribution in [-0.4, -0.2) is 20.1 Å². The van der Waals surface area contributed by atoms with E-state index in [4.69, 9.17) is 0 Å². The van der Waals surface area contributed by atoms with Gasteiger partial charge in [0.15, 0.2) is 0 Å². The van der Waals surface area contributed by atoms with Crippen molar-refractivity contribution >= 4 is 0 Å². The molecule has 4 nitrogen and oxygen atoms in total. The molecular formula is C19H27N3O. The number of benzene rings is 1. The van der Waals surface area contributed by atoms with E-state index < -0.39 is 0 Å². The van der Waals surface area contributed by atoms with E-state index in [1.807, 2.05) is 4.68 Å². The van der Waals surface area contributed by atoms with Crippen LogP contribution in [0.15, 0.2) is 24.3 Å². The summed E-state index contributed by atoms with van der Waals surface area (Å²) >= 11 is 0. The number of hydrogen-bond acceptors (Lipinski definition) is 3. The van der Waals surface area contributed by atoms with E-state index in [1.54, 1.807) is 0 Å². The van der Waals surface area contributed by atoms with Crippen molar-refractivity contribution in [3.8, 4) is 5.69 Å². The molecule has 1 saturated carbocycles. The predicted molar refractivity (Wildman–Crippen MR) is 91.8 cm³/mol. The second-order valence-electron chi connectivity index (χ2n) is 7.62. The van der Waals surface area contributed by atoms with Crippen LogP contribution in [0.25, 0.3) is 5.69 Å². The van der Waals surface area contributed by atoms with Gasteiger partial charge in [0.2, 0.25) is 0 Å². The van der Waals surface area contributed by atoms with Crippen LogP contribution in [0.5, 0.6) is 0 Å². The molecule has 0 bridgehead atoms. The molecule has 0 spiro atoms. The molecule has 0 saturated heterocycles. The van der Waals surface area contributed by atoms with Gasteiger partial charge in [0.05, 0.1) is 18.0 Å². The van der Waals surface area contributed by atoms with E-state index in [9.17, 15) is 5.11 Å². The van der Waals surface area contributed by atoms with Crippen LogP contribution >= 0.6 is 0 Å². The van der Waals surface area contributed by atoms with Crippen LogP contribution in [0.4, 0.5) is 0 Å². The van der Waals surface area contributed by atoms with E-state index in [2.05, 4.69) is 55.3 Å². The molecule has 0 unspecified atom stereocenters. The Balaban J connectivity index is 1.97. The molecule has 1 aromatic heterocycles. The molecule has 0 radical (unpaired) electrons. The highest BCUT2D eigenvalue weighted by molar-refractivity contribution is 5.38. The zero-order chi connectivity index (χ0) is 16.4. The summed E-state index contributed by atoms with van der Waals surface area (Å²) in [5.74, 6) is 0.461. The van der Waals surface area contributed by atoms with E-state index >= 15 is 0 Å². The van der Waals surface area contributed by atoms with Crippen molar-refractivity contribution in [2.75, 3.05) is 0 Å². The third kappa shape index (κ3) is 3.32. The monoisotopic (exact) mass is 313 g/mol. The van der Waals surface area contributed by atoms with E-state index in [-0.39, 0.29) is 12.0 Å². The zero-order valence-electron chi connectivity index (χ0n) is 14.4. The Kier molecular flexibility index (Phi) is 4.53. The first-order valence-electron chi connectivity index (χ1n) is 8.67. The van der Waals surface area contributed by atoms with Crippen molar-refractivity contribution in [3.05, 3.63) is 41.2 Å². The van der Waals surface area contributed by atoms with Gasteiger partial charge in [0, 0.05) is 5.92 Å². The number of aliphatic hydroxyl groups excluding tert-OH is 1. The first kappa shape index (κ1) is 16.2. The Morgan fingerprint density at radius 2 is 1.74 bits per heavy atom. The number of nitrogens with zero attached hydrogens (tertiary/aromatic N) is 3. The summed E-state index contributed by atoms with van der Waals surface area (Å²) in [5, 5.41) is 18.2. The zero-order valence-corrected chi connectivity index (χ0v) is 14.4. The maximum absolute atomic E-state index is 9.64. The Bertz CT molecular complexity index is 646. The van der Waals surface area contributed by atoms with Crippen molar-refractivity contribution in [2.45, 2.75) is 70.8 Å². The highest BCUT2D eigenvalue weighted by Gasteiger charge is 2.25. The van der Waals surface area contributed by atoms with E-state index in [1.165, 1.54) is 37.7 Å². The maximum atomic E-state index is 9.64. The molecule has 0 atom stereocenters. The lowest BCUT2D eigenvalue weighted by molar-refractivity contribution is 0.273. The van der Waals surface area contributed by atoms with Crippen LogP contribution in [-0.2, 0) is 12.0 Å². The first-order valence-corrected chi connectivity index (χ1v) is 8.67. The van der Waals surface area contributed by atoms with Crippen LogP contribution in [0.2, 0.25) is 0 Å². The van der Waals surface area contributed by atoms with Gasteiger partial charge in [-0.25, -0.2) is 4.68 Å². The average molecular weight is 313 g/mol. The number of hydrogen-bond donors (Lipinski definition) is 1. The summed E-state index contributed by atoms with van der Waals surface area (Å²) in [4.78, 5) is 0. The standard InChI is InChI=1S/C19H27N3O/c1-19(2,3)15-9-11-16(12-10-15)22-18(17(13-23)20-21-22)14-7-5-4-6-8-14/h9-12,14,23H,4-8,13H2,1-3H3. The molecular weight excluding hydrogens is 286 g/mol. The van der Waals surface area contributed by atoms with Crippen LogP contribution in [0.1, 0.15) is 75.7 Å². The first-order chi connectivity index (χ1) is 11.0. The van der Waals surface area contributed by atoms with Crippen molar-refractivity contribution in [3.63, 3.8) is 0 Å². The number of aliphatic hydroxyl groups is 1. The predicted octanol–water partition coefficient (Wildman–Crippen LogP) is 4.10. The Hall–Kier alpha value is -1.68. The Morgan fingerprint density at radius 1 is 1.09 bits per heavy atom. The average Bonchev–Trinajstić information content (AvgIpc) is 2.99. The Morgan fingerprint density at radius 3 is 2.30 bits per heavy atom. The second kappa shape index (κ2) is 6.44. The maximum Gasteiger partial charge on any atom is 0.112 e. The molecule has 4 heteroatoms. The lowest BCUT2D eigenvalue weighted by Gasteiger charge is -2.23. The summed E-state index contributed by atoms with van der Waals surface area (Å²) in [6, 6.07) is 8.56. The Labute approximate surface area is 138 Å². The van der Waals surface area contributed by atoms with Gasteiger partial charge in [0.25, 0.3) is 0 Å². The second-order valence-corrected chi connectivity index (χ2v) is 7.62. The topological polar surface area (TPSA) is 50.9 Å². The minimum atomic E-state index is -0.0358. The highest BCUT2D eigenvalue weighted by atomic mass is 16.3. The summed E-state index contributed by atoms with van der Waals surface area (Å²) in [6.07, 6.45) is 6.15. The fourth-order valence-corrected chi connectivity index (χ4v) is 3.51. The summed E-state index contributed by atoms with van der Waals surface area (Å²) in [7, 11) is 0. The van der Waals surface area contributed by atoms with Crippen molar-refractivity contribution in [1.29, 1.82) is 0 Å². The van der Waals surface area contributed by atoms with Gasteiger partial charge < -0.3 is 5.11 Å². The van der Waals surface area contributed by atoms with E-state index in [0.717, 1.165) is 17.1 Å². The lowest BCUT2D eigenvalue weighted by Crippen LogP contribution is -2.14. The highest BCUT2D eigenvalue weighted by Crippen LogP contribution is 2.35. The molecule has 1 aromatic carbocycles. The summed E-state index contributed by atoms with van der Waals surface area (Å²) < 4.78 is 1.94. The van der Waals surface area contributed by atoms with Gasteiger partial charge in [-0.15, -0.1) is 5.10 Å². The molecule has 2 aromatic rings. The van der Waals surface area contributed by atoms with Gasteiger partial charge in [-0.3, -0.25) is 0 Å². The molecule has 3 rings (SSSR count). The summed E-state index contributed by atoms with van der Waals surface area (Å²) in [6.45, 7) is 6.62. The molecule has 1 N–H and O–H groups in total. The van der Waals surface area contributed by atoms with Gasteiger partial charge >= 0.3 is 0 Å². The van der Waals surface area contributed by atoms with Crippen LogP contribution in [0, 0.1) is 0 Å². The molecule has 1 fully saturated rings. The normalized spacial score (nSPS) is 16.7. The molecule has 1 heterocycles. The molecule has 1 aliphatic carbocycles. The van der Waals surface area contributed by atoms with Crippen molar-refractivity contribution < 1.29 is 5.11 Å². The van der Waals surface area contributed by atoms with Gasteiger partial charge in [0.1, 0.15) is 5.69 Å². The molecule has 23 heavy (non-hydrogen) atoms. The quantitative estimate of drug-likeness (QED) is 0.928. The summed E-state index contributed by atoms with van der Waals surface area (Å²) in [5.41, 5.74) is 4.32. The van der Waals surface area contributed by atoms with E-state index in [0.29, 0.717) is 5.92 Å². The third-order valence-electron chi connectivity index (χ3n) is 4.90. The van der Waals surface area contributed by atoms with Crippen LogP contribution in [0.3, 0.4) is 0 Å². The molecule has 1 aliphatic rings. The fraction of sp³-hybridized carbons (Fsp3) is 0.579. The smallest absolute Gasteiger partial charge is 0.112 e. The van der Waals surface area contributed by atoms with Gasteiger partial charge in [-0.1, -0.05) is 57.4 Å². The number of rotatable bonds is 3. The molecule has 124 valence electrons. The minimum absolute atomic E-state index is 0.0358. The largest absolute Gasteiger partial charge is 0.390 e. The molecule has 0 aliphatic heterocycles. The van der Waals surface area contributed by atoms with Crippen molar-refractivity contribution in [1.82, 2.24) is 15.0 Å². The molecule has 0 amide bonds. The SMILES string of the molecule is CC(C)(C)c1ccc(-n2nnc(CO)c2C2CCCCC2)cc1.